The Balaban J connectivity index is 1.89. The number of amides is 1. The highest BCUT2D eigenvalue weighted by atomic mass is 79.9. The number of anilines is 1. The Kier molecular flexibility index (Phi) is 5.41. The quantitative estimate of drug-likeness (QED) is 0.365. The maximum Gasteiger partial charge on any atom is 0.271 e. The van der Waals surface area contributed by atoms with Crippen LogP contribution < -0.4 is 5.32 Å². The van der Waals surface area contributed by atoms with Gasteiger partial charge < -0.3 is 14.8 Å². The number of halogens is 3. The van der Waals surface area contributed by atoms with Crippen LogP contribution in [-0.4, -0.2) is 15.9 Å². The van der Waals surface area contributed by atoms with Gasteiger partial charge in [0, 0.05) is 17.7 Å². The predicted octanol–water partition coefficient (Wildman–Crippen LogP) is 5.88. The third-order valence-electron chi connectivity index (χ3n) is 3.58. The molecule has 3 aromatic rings. The molecule has 0 aliphatic heterocycles. The highest BCUT2D eigenvalue weighted by Crippen LogP contribution is 2.36. The third-order valence-corrected chi connectivity index (χ3v) is 4.63. The van der Waals surface area contributed by atoms with Crippen LogP contribution in [0.1, 0.15) is 10.4 Å². The van der Waals surface area contributed by atoms with Crippen molar-refractivity contribution >= 4 is 56.4 Å². The van der Waals surface area contributed by atoms with Crippen LogP contribution in [0.25, 0.3) is 11.3 Å². The number of nitro benzene ring substituents is 1. The molecule has 2 aromatic carbocycles. The second kappa shape index (κ2) is 7.59. The van der Waals surface area contributed by atoms with Gasteiger partial charge in [-0.05, 0) is 46.3 Å². The maximum absolute atomic E-state index is 12.5. The smallest absolute Gasteiger partial charge is 0.271 e. The molecule has 3 rings (SSSR count). The van der Waals surface area contributed by atoms with Gasteiger partial charge in [0.1, 0.15) is 11.5 Å². The van der Waals surface area contributed by atoms with Crippen LogP contribution in [0.2, 0.25) is 10.0 Å². The molecule has 27 heavy (non-hydrogen) atoms. The molecular weight excluding hydrogens is 463 g/mol. The van der Waals surface area contributed by atoms with E-state index in [0.717, 1.165) is 6.07 Å². The lowest BCUT2D eigenvalue weighted by molar-refractivity contribution is -0.384. The zero-order valence-corrected chi connectivity index (χ0v) is 16.3. The van der Waals surface area contributed by atoms with Gasteiger partial charge in [0.05, 0.1) is 26.2 Å². The van der Waals surface area contributed by atoms with E-state index in [1.54, 1.807) is 12.1 Å². The van der Waals surface area contributed by atoms with Gasteiger partial charge in [0.2, 0.25) is 0 Å². The molecule has 10 heteroatoms. The van der Waals surface area contributed by atoms with Crippen molar-refractivity contribution in [3.63, 3.8) is 0 Å². The molecule has 0 saturated carbocycles. The number of hydrogen-bond donors (Lipinski definition) is 2. The Morgan fingerprint density at radius 1 is 1.15 bits per heavy atom. The van der Waals surface area contributed by atoms with Crippen LogP contribution in [0.4, 0.5) is 11.4 Å². The molecule has 1 amide bonds. The van der Waals surface area contributed by atoms with Crippen molar-refractivity contribution in [3.05, 3.63) is 72.9 Å². The van der Waals surface area contributed by atoms with Crippen LogP contribution >= 0.6 is 39.1 Å². The normalized spacial score (nSPS) is 10.6. The molecule has 0 fully saturated rings. The van der Waals surface area contributed by atoms with Gasteiger partial charge in [-0.3, -0.25) is 14.9 Å². The van der Waals surface area contributed by atoms with E-state index in [4.69, 9.17) is 27.6 Å². The second-order valence-electron chi connectivity index (χ2n) is 5.33. The fourth-order valence-corrected chi connectivity index (χ4v) is 3.09. The minimum absolute atomic E-state index is 0.0137. The third kappa shape index (κ3) is 4.08. The van der Waals surface area contributed by atoms with Gasteiger partial charge in [-0.15, -0.1) is 0 Å². The van der Waals surface area contributed by atoms with Gasteiger partial charge in [-0.25, -0.2) is 0 Å². The number of phenols is 1. The summed E-state index contributed by atoms with van der Waals surface area (Å²) in [7, 11) is 0. The summed E-state index contributed by atoms with van der Waals surface area (Å²) in [5.74, 6) is -0.595. The highest BCUT2D eigenvalue weighted by molar-refractivity contribution is 9.10. The highest BCUT2D eigenvalue weighted by Gasteiger charge is 2.19. The maximum atomic E-state index is 12.5. The lowest BCUT2D eigenvalue weighted by Crippen LogP contribution is -2.12. The summed E-state index contributed by atoms with van der Waals surface area (Å²) in [4.78, 5) is 22.6. The molecule has 0 aliphatic rings. The lowest BCUT2D eigenvalue weighted by Gasteiger charge is -2.10. The molecule has 0 aliphatic carbocycles. The molecular formula is C17H9BrCl2N2O5. The first-order valence-electron chi connectivity index (χ1n) is 7.30. The van der Waals surface area contributed by atoms with Crippen LogP contribution in [0.15, 0.2) is 51.6 Å². The minimum Gasteiger partial charge on any atom is -0.507 e. The molecule has 0 radical (unpaired) electrons. The van der Waals surface area contributed by atoms with Crippen molar-refractivity contribution in [3.8, 4) is 17.1 Å². The number of hydrogen-bond acceptors (Lipinski definition) is 5. The topological polar surface area (TPSA) is 106 Å². The second-order valence-corrected chi connectivity index (χ2v) is 6.92. The van der Waals surface area contributed by atoms with Crippen LogP contribution in [0, 0.1) is 10.1 Å². The number of non-ortho nitro benzene ring substituents is 1. The Morgan fingerprint density at radius 3 is 2.48 bits per heavy atom. The molecule has 0 atom stereocenters. The Morgan fingerprint density at radius 2 is 1.89 bits per heavy atom. The summed E-state index contributed by atoms with van der Waals surface area (Å²) in [5.41, 5.74) is 0.258. The number of benzene rings is 2. The standard InChI is InChI=1S/C17H9BrCl2N2O5/c18-16-4-3-15(27-16)9-7-14(23)10(6-11(9)19)17(24)21-13-2-1-8(22(25)26)5-12(13)20/h1-7,23H,(H,21,24). The number of aromatic hydroxyl groups is 1. The van der Waals surface area contributed by atoms with Crippen molar-refractivity contribution in [2.24, 2.45) is 0 Å². The number of nitro groups is 1. The Hall–Kier alpha value is -2.55. The first-order chi connectivity index (χ1) is 12.8. The first-order valence-corrected chi connectivity index (χ1v) is 8.84. The van der Waals surface area contributed by atoms with E-state index in [-0.39, 0.29) is 32.7 Å². The van der Waals surface area contributed by atoms with E-state index in [1.807, 2.05) is 0 Å². The van der Waals surface area contributed by atoms with Crippen molar-refractivity contribution in [1.29, 1.82) is 0 Å². The zero-order chi connectivity index (χ0) is 19.7. The fraction of sp³-hybridized carbons (Fsp3) is 0. The molecule has 0 unspecified atom stereocenters. The number of nitrogens with one attached hydrogen (secondary N) is 1. The minimum atomic E-state index is -0.683. The molecule has 138 valence electrons. The Labute approximate surface area is 170 Å². The summed E-state index contributed by atoms with van der Waals surface area (Å²) in [6.07, 6.45) is 0. The van der Waals surface area contributed by atoms with Gasteiger partial charge in [-0.2, -0.15) is 0 Å². The Bertz CT molecular complexity index is 1070. The van der Waals surface area contributed by atoms with E-state index in [1.165, 1.54) is 24.3 Å². The zero-order valence-electron chi connectivity index (χ0n) is 13.2. The number of furan rings is 1. The van der Waals surface area contributed by atoms with Crippen LogP contribution in [0.5, 0.6) is 5.75 Å². The van der Waals surface area contributed by atoms with Crippen molar-refractivity contribution in [2.75, 3.05) is 5.32 Å². The van der Waals surface area contributed by atoms with E-state index in [2.05, 4.69) is 21.2 Å². The van der Waals surface area contributed by atoms with E-state index in [0.29, 0.717) is 16.0 Å². The van der Waals surface area contributed by atoms with E-state index < -0.39 is 10.8 Å². The average Bonchev–Trinajstić information content (AvgIpc) is 3.04. The number of nitrogens with zero attached hydrogens (tertiary/aromatic N) is 1. The monoisotopic (exact) mass is 470 g/mol. The average molecular weight is 472 g/mol. The number of carbonyl (C=O) groups is 1. The molecule has 7 nitrogen and oxygen atoms in total. The van der Waals surface area contributed by atoms with Crippen LogP contribution in [-0.2, 0) is 0 Å². The van der Waals surface area contributed by atoms with E-state index in [9.17, 15) is 20.0 Å². The molecule has 1 aromatic heterocycles. The first kappa shape index (κ1) is 19.2. The SMILES string of the molecule is O=C(Nc1ccc([N+](=O)[O-])cc1Cl)c1cc(Cl)c(-c2ccc(Br)o2)cc1O. The number of rotatable bonds is 4. The largest absolute Gasteiger partial charge is 0.507 e. The summed E-state index contributed by atoms with van der Waals surface area (Å²) in [5, 5.41) is 23.6. The van der Waals surface area contributed by atoms with Crippen molar-refractivity contribution < 1.29 is 19.2 Å². The van der Waals surface area contributed by atoms with E-state index >= 15 is 0 Å². The molecule has 1 heterocycles. The van der Waals surface area contributed by atoms with Crippen LogP contribution in [0.3, 0.4) is 0 Å². The van der Waals surface area contributed by atoms with Gasteiger partial charge in [0.25, 0.3) is 11.6 Å². The van der Waals surface area contributed by atoms with Crippen molar-refractivity contribution in [2.45, 2.75) is 0 Å². The summed E-state index contributed by atoms with van der Waals surface area (Å²) in [6, 6.07) is 9.53. The molecule has 0 saturated heterocycles. The number of phenolic OH excluding ortho intramolecular Hbond substituents is 1. The summed E-state index contributed by atoms with van der Waals surface area (Å²) >= 11 is 15.3. The van der Waals surface area contributed by atoms with Gasteiger partial charge >= 0.3 is 0 Å². The fourth-order valence-electron chi connectivity index (χ4n) is 2.30. The lowest BCUT2D eigenvalue weighted by atomic mass is 10.1. The number of carbonyl (C=O) groups excluding carboxylic acids is 1. The summed E-state index contributed by atoms with van der Waals surface area (Å²) < 4.78 is 5.88. The molecule has 0 bridgehead atoms. The summed E-state index contributed by atoms with van der Waals surface area (Å²) in [6.45, 7) is 0. The predicted molar refractivity (Wildman–Crippen MR) is 105 cm³/mol. The molecule has 2 N–H and O–H groups in total. The molecule has 0 spiro atoms. The van der Waals surface area contributed by atoms with Gasteiger partial charge in [-0.1, -0.05) is 23.2 Å². The van der Waals surface area contributed by atoms with Crippen molar-refractivity contribution in [1.82, 2.24) is 0 Å². The van der Waals surface area contributed by atoms with Gasteiger partial charge in [0.15, 0.2) is 4.67 Å².